The summed E-state index contributed by atoms with van der Waals surface area (Å²) < 4.78 is 0. The van der Waals surface area contributed by atoms with Crippen molar-refractivity contribution in [1.29, 1.82) is 0 Å². The second-order valence-corrected chi connectivity index (χ2v) is 5.84. The van der Waals surface area contributed by atoms with Gasteiger partial charge in [0, 0.05) is 17.2 Å². The minimum Gasteiger partial charge on any atom is -0.287 e. The van der Waals surface area contributed by atoms with Gasteiger partial charge in [0.05, 0.1) is 0 Å². The number of hydrogen-bond donors (Lipinski definition) is 0. The number of allylic oxidation sites excluding steroid dienone is 3. The Morgan fingerprint density at radius 2 is 1.76 bits per heavy atom. The average Bonchev–Trinajstić information content (AvgIpc) is 2.67. The summed E-state index contributed by atoms with van der Waals surface area (Å²) >= 11 is 0. The number of ketones is 1. The highest BCUT2D eigenvalue weighted by Gasteiger charge is 2.17. The summed E-state index contributed by atoms with van der Waals surface area (Å²) in [7, 11) is 0. The first-order valence-corrected chi connectivity index (χ1v) is 7.04. The Morgan fingerprint density at radius 1 is 1.00 bits per heavy atom. The number of hydrogen-bond acceptors (Lipinski definition) is 2. The monoisotopic (exact) mass is 275 g/mol. The van der Waals surface area contributed by atoms with Crippen LogP contribution < -0.4 is 0 Å². The van der Waals surface area contributed by atoms with Crippen molar-refractivity contribution >= 4 is 22.3 Å². The zero-order valence-corrected chi connectivity index (χ0v) is 12.2. The van der Waals surface area contributed by atoms with Gasteiger partial charge in [0.2, 0.25) is 5.78 Å². The maximum Gasteiger partial charge on any atom is 0.211 e. The lowest BCUT2D eigenvalue weighted by Gasteiger charge is -2.11. The van der Waals surface area contributed by atoms with Crippen LogP contribution in [0.15, 0.2) is 71.9 Å². The van der Waals surface area contributed by atoms with Crippen LogP contribution in [-0.4, -0.2) is 11.5 Å². The van der Waals surface area contributed by atoms with Crippen molar-refractivity contribution < 1.29 is 4.79 Å². The molecule has 21 heavy (non-hydrogen) atoms. The third-order valence-electron chi connectivity index (χ3n) is 3.66. The van der Waals surface area contributed by atoms with Gasteiger partial charge in [-0.15, -0.1) is 0 Å². The third kappa shape index (κ3) is 2.70. The molecular formula is C19H17NO. The maximum absolute atomic E-state index is 12.8. The molecule has 0 amide bonds. The lowest BCUT2D eigenvalue weighted by molar-refractivity contribution is 0.106. The van der Waals surface area contributed by atoms with Crippen molar-refractivity contribution in [3.63, 3.8) is 0 Å². The van der Waals surface area contributed by atoms with E-state index >= 15 is 0 Å². The summed E-state index contributed by atoms with van der Waals surface area (Å²) in [6, 6.07) is 13.7. The lowest BCUT2D eigenvalue weighted by atomic mass is 9.92. The van der Waals surface area contributed by atoms with Crippen LogP contribution in [-0.2, 0) is 0 Å². The van der Waals surface area contributed by atoms with Crippen LogP contribution in [0.2, 0.25) is 0 Å². The molecule has 2 aromatic carbocycles. The Hall–Kier alpha value is -2.48. The lowest BCUT2D eigenvalue weighted by Crippen LogP contribution is -2.12. The molecule has 0 bridgehead atoms. The number of fused-ring (bicyclic) bond motifs is 1. The molecule has 0 aromatic heterocycles. The summed E-state index contributed by atoms with van der Waals surface area (Å²) in [5.41, 5.74) is 1.10. The van der Waals surface area contributed by atoms with E-state index in [4.69, 9.17) is 0 Å². The van der Waals surface area contributed by atoms with Crippen molar-refractivity contribution in [3.8, 4) is 0 Å². The van der Waals surface area contributed by atoms with Gasteiger partial charge in [-0.2, -0.15) is 0 Å². The van der Waals surface area contributed by atoms with E-state index in [9.17, 15) is 4.79 Å². The van der Waals surface area contributed by atoms with Crippen LogP contribution in [0.3, 0.4) is 0 Å². The average molecular weight is 275 g/mol. The predicted molar refractivity (Wildman–Crippen MR) is 87.8 cm³/mol. The first-order chi connectivity index (χ1) is 10.1. The molecule has 3 rings (SSSR count). The molecule has 0 saturated carbocycles. The topological polar surface area (TPSA) is 29.4 Å². The number of Topliss-reactive ketones (excluding diaryl/α,β-unsaturated/α-hetero) is 1. The summed E-state index contributed by atoms with van der Waals surface area (Å²) in [5, 5.41) is 2.03. The van der Waals surface area contributed by atoms with Crippen molar-refractivity contribution in [2.75, 3.05) is 0 Å². The van der Waals surface area contributed by atoms with Gasteiger partial charge in [-0.3, -0.25) is 9.79 Å². The van der Waals surface area contributed by atoms with Gasteiger partial charge in [0.1, 0.15) is 5.71 Å². The van der Waals surface area contributed by atoms with Crippen LogP contribution in [0.1, 0.15) is 24.2 Å². The van der Waals surface area contributed by atoms with Gasteiger partial charge in [0.25, 0.3) is 0 Å². The Bertz CT molecular complexity index is 789. The third-order valence-corrected chi connectivity index (χ3v) is 3.66. The minimum absolute atomic E-state index is 0.0367. The minimum atomic E-state index is -0.0791. The van der Waals surface area contributed by atoms with E-state index < -0.39 is 0 Å². The molecule has 0 fully saturated rings. The smallest absolute Gasteiger partial charge is 0.211 e. The highest BCUT2D eigenvalue weighted by molar-refractivity contribution is 6.51. The zero-order valence-electron chi connectivity index (χ0n) is 12.2. The number of carbonyl (C=O) groups excluding carboxylic acids is 1. The number of nitrogens with zero attached hydrogens (tertiary/aromatic N) is 1. The van der Waals surface area contributed by atoms with Crippen LogP contribution in [0.5, 0.6) is 0 Å². The van der Waals surface area contributed by atoms with Gasteiger partial charge in [0.15, 0.2) is 0 Å². The van der Waals surface area contributed by atoms with E-state index in [1.165, 1.54) is 0 Å². The Morgan fingerprint density at radius 3 is 2.62 bits per heavy atom. The molecule has 0 N–H and O–H groups in total. The number of benzene rings is 2. The van der Waals surface area contributed by atoms with Gasteiger partial charge < -0.3 is 0 Å². The van der Waals surface area contributed by atoms with Crippen molar-refractivity contribution in [2.45, 2.75) is 13.8 Å². The highest BCUT2D eigenvalue weighted by Crippen LogP contribution is 2.23. The normalized spacial score (nSPS) is 16.6. The van der Waals surface area contributed by atoms with Gasteiger partial charge in [-0.1, -0.05) is 68.5 Å². The molecule has 104 valence electrons. The van der Waals surface area contributed by atoms with Crippen LogP contribution in [0, 0.1) is 5.41 Å². The molecule has 2 heteroatoms. The highest BCUT2D eigenvalue weighted by atomic mass is 16.1. The number of carbonyl (C=O) groups is 1. The summed E-state index contributed by atoms with van der Waals surface area (Å²) in [5.74, 6) is -0.0367. The van der Waals surface area contributed by atoms with Crippen molar-refractivity contribution in [1.82, 2.24) is 0 Å². The quantitative estimate of drug-likeness (QED) is 0.738. The van der Waals surface area contributed by atoms with Crippen LogP contribution in [0.4, 0.5) is 0 Å². The predicted octanol–water partition coefficient (Wildman–Crippen LogP) is 4.57. The van der Waals surface area contributed by atoms with E-state index in [1.54, 1.807) is 6.20 Å². The molecule has 0 radical (unpaired) electrons. The molecule has 1 heterocycles. The number of aliphatic imine (C=N–C) groups is 1. The van der Waals surface area contributed by atoms with E-state index in [0.717, 1.165) is 10.8 Å². The maximum atomic E-state index is 12.8. The first kappa shape index (κ1) is 13.5. The van der Waals surface area contributed by atoms with Gasteiger partial charge in [-0.05, 0) is 16.8 Å². The molecular weight excluding hydrogens is 258 g/mol. The van der Waals surface area contributed by atoms with Gasteiger partial charge in [-0.25, -0.2) is 0 Å². The molecule has 2 aromatic rings. The molecule has 0 unspecified atom stereocenters. The Labute approximate surface area is 124 Å². The van der Waals surface area contributed by atoms with E-state index in [1.807, 2.05) is 60.7 Å². The molecule has 2 nitrogen and oxygen atoms in total. The summed E-state index contributed by atoms with van der Waals surface area (Å²) in [6.45, 7) is 4.17. The molecule has 1 aliphatic heterocycles. The fraction of sp³-hybridized carbons (Fsp3) is 0.158. The Balaban J connectivity index is 2.06. The second-order valence-electron chi connectivity index (χ2n) is 5.84. The van der Waals surface area contributed by atoms with E-state index in [2.05, 4.69) is 18.8 Å². The van der Waals surface area contributed by atoms with Crippen LogP contribution in [0.25, 0.3) is 10.8 Å². The fourth-order valence-corrected chi connectivity index (χ4v) is 2.40. The molecule has 0 spiro atoms. The molecule has 1 aliphatic rings. The van der Waals surface area contributed by atoms with Crippen molar-refractivity contribution in [2.24, 2.45) is 10.4 Å². The van der Waals surface area contributed by atoms with E-state index in [0.29, 0.717) is 11.3 Å². The standard InChI is InChI=1S/C19H17NO/c1-19(2)11-10-17(20-13-12-19)18(21)16-9-5-7-14-6-3-4-8-15(14)16/h3-13H,1-2H3. The summed E-state index contributed by atoms with van der Waals surface area (Å²) in [6.07, 6.45) is 7.55. The largest absolute Gasteiger partial charge is 0.287 e. The molecule has 0 aliphatic carbocycles. The molecule has 0 saturated heterocycles. The number of rotatable bonds is 2. The van der Waals surface area contributed by atoms with Gasteiger partial charge >= 0.3 is 0 Å². The SMILES string of the molecule is CC1(C)C=CN=C(C(=O)c2cccc3ccccc23)C=C1. The fourth-order valence-electron chi connectivity index (χ4n) is 2.40. The molecule has 0 atom stereocenters. The second kappa shape index (κ2) is 5.13. The zero-order chi connectivity index (χ0) is 14.9. The van der Waals surface area contributed by atoms with E-state index in [-0.39, 0.29) is 11.2 Å². The van der Waals surface area contributed by atoms with Crippen LogP contribution >= 0.6 is 0 Å². The Kier molecular flexibility index (Phi) is 3.30. The van der Waals surface area contributed by atoms with Crippen molar-refractivity contribution in [3.05, 3.63) is 72.5 Å². The summed E-state index contributed by atoms with van der Waals surface area (Å²) in [4.78, 5) is 17.1. The first-order valence-electron chi connectivity index (χ1n) is 7.04.